The molecule has 26 heavy (non-hydrogen) atoms. The zero-order valence-corrected chi connectivity index (χ0v) is 14.6. The highest BCUT2D eigenvalue weighted by molar-refractivity contribution is 6.05. The summed E-state index contributed by atoms with van der Waals surface area (Å²) in [6.07, 6.45) is 2.91. The zero-order chi connectivity index (χ0) is 18.5. The Bertz CT molecular complexity index is 784. The van der Waals surface area contributed by atoms with Gasteiger partial charge in [0.15, 0.2) is 0 Å². The van der Waals surface area contributed by atoms with Gasteiger partial charge in [0.05, 0.1) is 12.7 Å². The van der Waals surface area contributed by atoms with Gasteiger partial charge < -0.3 is 20.1 Å². The lowest BCUT2D eigenvalue weighted by atomic mass is 10.1. The van der Waals surface area contributed by atoms with Crippen molar-refractivity contribution in [1.29, 1.82) is 0 Å². The van der Waals surface area contributed by atoms with Gasteiger partial charge >= 0.3 is 0 Å². The molecule has 0 spiro atoms. The second-order valence-corrected chi connectivity index (χ2v) is 6.05. The minimum absolute atomic E-state index is 0.00843. The smallest absolute Gasteiger partial charge is 0.268 e. The number of benzene rings is 1. The molecule has 1 aliphatic rings. The minimum Gasteiger partial charge on any atom is -0.497 e. The van der Waals surface area contributed by atoms with E-state index in [4.69, 9.17) is 15.2 Å². The van der Waals surface area contributed by atoms with Crippen LogP contribution in [0.15, 0.2) is 42.6 Å². The second-order valence-electron chi connectivity index (χ2n) is 6.05. The van der Waals surface area contributed by atoms with Crippen molar-refractivity contribution in [3.8, 4) is 11.5 Å². The van der Waals surface area contributed by atoms with E-state index in [0.29, 0.717) is 25.9 Å². The number of hydrogen-bond acceptors (Lipinski definition) is 5. The van der Waals surface area contributed by atoms with Gasteiger partial charge in [-0.3, -0.25) is 14.6 Å². The first-order valence-corrected chi connectivity index (χ1v) is 8.43. The predicted molar refractivity (Wildman–Crippen MR) is 95.3 cm³/mol. The number of carbonyl (C=O) groups excluding carboxylic acids is 2. The fraction of sp³-hybridized carbons (Fsp3) is 0.316. The van der Waals surface area contributed by atoms with Crippen LogP contribution in [0.4, 0.5) is 0 Å². The minimum atomic E-state index is -0.702. The molecule has 0 atom stereocenters. The molecule has 1 fully saturated rings. The Hall–Kier alpha value is -3.09. The van der Waals surface area contributed by atoms with Crippen LogP contribution in [0.25, 0.3) is 0 Å². The molecule has 0 radical (unpaired) electrons. The van der Waals surface area contributed by atoms with Crippen LogP contribution in [0.2, 0.25) is 0 Å². The topological polar surface area (TPSA) is 94.8 Å². The van der Waals surface area contributed by atoms with Crippen molar-refractivity contribution < 1.29 is 19.1 Å². The fourth-order valence-corrected chi connectivity index (χ4v) is 2.97. The van der Waals surface area contributed by atoms with E-state index in [1.165, 1.54) is 6.20 Å². The Morgan fingerprint density at radius 2 is 1.77 bits per heavy atom. The van der Waals surface area contributed by atoms with Gasteiger partial charge in [0, 0.05) is 32.1 Å². The van der Waals surface area contributed by atoms with Gasteiger partial charge in [-0.1, -0.05) is 0 Å². The molecule has 7 nitrogen and oxygen atoms in total. The van der Waals surface area contributed by atoms with Crippen LogP contribution < -0.4 is 15.2 Å². The Morgan fingerprint density at radius 1 is 1.12 bits per heavy atom. The number of piperidine rings is 1. The van der Waals surface area contributed by atoms with E-state index in [1.54, 1.807) is 24.1 Å². The highest BCUT2D eigenvalue weighted by Crippen LogP contribution is 2.22. The van der Waals surface area contributed by atoms with E-state index in [9.17, 15) is 9.59 Å². The van der Waals surface area contributed by atoms with E-state index in [1.807, 2.05) is 24.3 Å². The average molecular weight is 355 g/mol. The molecule has 0 saturated carbocycles. The molecule has 2 amide bonds. The first-order chi connectivity index (χ1) is 12.6. The van der Waals surface area contributed by atoms with Crippen molar-refractivity contribution in [2.75, 3.05) is 20.2 Å². The number of nitrogens with two attached hydrogens (primary N) is 1. The van der Waals surface area contributed by atoms with Gasteiger partial charge in [0.2, 0.25) is 0 Å². The number of primary amides is 1. The average Bonchev–Trinajstić information content (AvgIpc) is 2.68. The summed E-state index contributed by atoms with van der Waals surface area (Å²) in [6.45, 7) is 1.10. The number of carbonyl (C=O) groups is 2. The van der Waals surface area contributed by atoms with Gasteiger partial charge in [-0.25, -0.2) is 0 Å². The lowest BCUT2D eigenvalue weighted by Crippen LogP contribution is -2.42. The summed E-state index contributed by atoms with van der Waals surface area (Å²) < 4.78 is 11.1. The summed E-state index contributed by atoms with van der Waals surface area (Å²) in [5.74, 6) is 0.625. The third-order valence-electron chi connectivity index (χ3n) is 4.36. The van der Waals surface area contributed by atoms with Crippen LogP contribution in [0.1, 0.15) is 33.7 Å². The number of nitrogens with zero attached hydrogens (tertiary/aromatic N) is 2. The predicted octanol–water partition coefficient (Wildman–Crippen LogP) is 1.87. The number of hydrogen-bond donors (Lipinski definition) is 1. The highest BCUT2D eigenvalue weighted by atomic mass is 16.5. The van der Waals surface area contributed by atoms with Crippen molar-refractivity contribution in [1.82, 2.24) is 9.88 Å². The molecule has 1 aromatic carbocycles. The molecule has 1 aliphatic heterocycles. The standard InChI is InChI=1S/C19H21N3O4/c1-25-13-4-6-14(7-5-13)26-15-8-11-22(12-9-15)19(24)16-3-2-10-21-17(16)18(20)23/h2-7,10,15H,8-9,11-12H2,1H3,(H2,20,23). The molecule has 0 unspecified atom stereocenters. The normalized spacial score (nSPS) is 14.7. The van der Waals surface area contributed by atoms with Crippen molar-refractivity contribution >= 4 is 11.8 Å². The summed E-state index contributed by atoms with van der Waals surface area (Å²) in [4.78, 5) is 29.8. The van der Waals surface area contributed by atoms with E-state index in [-0.39, 0.29) is 23.3 Å². The van der Waals surface area contributed by atoms with Gasteiger partial charge in [-0.05, 0) is 36.4 Å². The SMILES string of the molecule is COc1ccc(OC2CCN(C(=O)c3cccnc3C(N)=O)CC2)cc1. The molecule has 0 aliphatic carbocycles. The summed E-state index contributed by atoms with van der Waals surface area (Å²) >= 11 is 0. The zero-order valence-electron chi connectivity index (χ0n) is 14.6. The van der Waals surface area contributed by atoms with Crippen molar-refractivity contribution in [2.24, 2.45) is 5.73 Å². The molecule has 7 heteroatoms. The van der Waals surface area contributed by atoms with Crippen LogP contribution in [0.5, 0.6) is 11.5 Å². The number of aromatic nitrogens is 1. The van der Waals surface area contributed by atoms with E-state index < -0.39 is 5.91 Å². The van der Waals surface area contributed by atoms with Gasteiger partial charge in [-0.15, -0.1) is 0 Å². The van der Waals surface area contributed by atoms with Crippen LogP contribution >= 0.6 is 0 Å². The first kappa shape index (κ1) is 17.7. The Labute approximate surface area is 151 Å². The van der Waals surface area contributed by atoms with Gasteiger partial charge in [0.1, 0.15) is 23.3 Å². The maximum absolute atomic E-state index is 12.7. The fourth-order valence-electron chi connectivity index (χ4n) is 2.97. The molecule has 2 N–H and O–H groups in total. The Morgan fingerprint density at radius 3 is 2.38 bits per heavy atom. The van der Waals surface area contributed by atoms with E-state index in [0.717, 1.165) is 11.5 Å². The maximum atomic E-state index is 12.7. The Balaban J connectivity index is 1.59. The number of ether oxygens (including phenoxy) is 2. The maximum Gasteiger partial charge on any atom is 0.268 e. The summed E-state index contributed by atoms with van der Waals surface area (Å²) in [5.41, 5.74) is 5.56. The molecule has 136 valence electrons. The molecule has 1 aromatic heterocycles. The number of pyridine rings is 1. The first-order valence-electron chi connectivity index (χ1n) is 8.43. The number of likely N-dealkylation sites (tertiary alicyclic amines) is 1. The summed E-state index contributed by atoms with van der Waals surface area (Å²) in [7, 11) is 1.62. The number of amides is 2. The summed E-state index contributed by atoms with van der Waals surface area (Å²) in [5, 5.41) is 0. The second kappa shape index (κ2) is 7.86. The molecule has 0 bridgehead atoms. The molecule has 3 rings (SSSR count). The van der Waals surface area contributed by atoms with Gasteiger partial charge in [0.25, 0.3) is 11.8 Å². The largest absolute Gasteiger partial charge is 0.497 e. The molecule has 1 saturated heterocycles. The Kier molecular flexibility index (Phi) is 5.36. The van der Waals surface area contributed by atoms with Crippen molar-refractivity contribution in [3.63, 3.8) is 0 Å². The van der Waals surface area contributed by atoms with Crippen LogP contribution in [-0.2, 0) is 0 Å². The highest BCUT2D eigenvalue weighted by Gasteiger charge is 2.27. The van der Waals surface area contributed by atoms with E-state index >= 15 is 0 Å². The van der Waals surface area contributed by atoms with Crippen LogP contribution in [-0.4, -0.2) is 48.0 Å². The monoisotopic (exact) mass is 355 g/mol. The molecule has 2 aromatic rings. The lowest BCUT2D eigenvalue weighted by Gasteiger charge is -2.32. The van der Waals surface area contributed by atoms with Crippen LogP contribution in [0, 0.1) is 0 Å². The summed E-state index contributed by atoms with van der Waals surface area (Å²) in [6, 6.07) is 10.6. The third-order valence-corrected chi connectivity index (χ3v) is 4.36. The molecular formula is C19H21N3O4. The molecule has 2 heterocycles. The van der Waals surface area contributed by atoms with Crippen molar-refractivity contribution in [2.45, 2.75) is 18.9 Å². The van der Waals surface area contributed by atoms with Crippen LogP contribution in [0.3, 0.4) is 0 Å². The quantitative estimate of drug-likeness (QED) is 0.883. The van der Waals surface area contributed by atoms with E-state index in [2.05, 4.69) is 4.98 Å². The lowest BCUT2D eigenvalue weighted by molar-refractivity contribution is 0.0591. The van der Waals surface area contributed by atoms with Crippen molar-refractivity contribution in [3.05, 3.63) is 53.9 Å². The third kappa shape index (κ3) is 3.93. The number of methoxy groups -OCH3 is 1. The van der Waals surface area contributed by atoms with Gasteiger partial charge in [-0.2, -0.15) is 0 Å². The molecular weight excluding hydrogens is 334 g/mol. The number of rotatable bonds is 5.